The van der Waals surface area contributed by atoms with E-state index in [1.165, 1.54) is 25.7 Å². The zero-order valence-electron chi connectivity index (χ0n) is 11.9. The van der Waals surface area contributed by atoms with Gasteiger partial charge in [0.1, 0.15) is 0 Å². The fourth-order valence-electron chi connectivity index (χ4n) is 2.28. The topological polar surface area (TPSA) is 21.3 Å². The number of hydrogen-bond donors (Lipinski definition) is 1. The molecule has 102 valence electrons. The van der Waals surface area contributed by atoms with Crippen LogP contribution in [0.4, 0.5) is 0 Å². The summed E-state index contributed by atoms with van der Waals surface area (Å²) >= 11 is 1.99. The van der Waals surface area contributed by atoms with E-state index in [4.69, 9.17) is 4.74 Å². The maximum Gasteiger partial charge on any atom is 0.0576 e. The summed E-state index contributed by atoms with van der Waals surface area (Å²) in [5, 5.41) is 3.53. The minimum Gasteiger partial charge on any atom is -0.377 e. The molecule has 0 aliphatic heterocycles. The van der Waals surface area contributed by atoms with Crippen LogP contribution in [0.15, 0.2) is 0 Å². The second kappa shape index (κ2) is 7.65. The molecule has 0 radical (unpaired) electrons. The fourth-order valence-corrected chi connectivity index (χ4v) is 3.08. The second-order valence-corrected chi connectivity index (χ2v) is 7.78. The summed E-state index contributed by atoms with van der Waals surface area (Å²) < 4.78 is 6.32. The molecule has 1 saturated carbocycles. The van der Waals surface area contributed by atoms with Crippen molar-refractivity contribution in [2.24, 2.45) is 0 Å². The van der Waals surface area contributed by atoms with Crippen molar-refractivity contribution < 1.29 is 4.74 Å². The minimum absolute atomic E-state index is 0.367. The molecule has 0 spiro atoms. The molecule has 0 aromatic heterocycles. The van der Waals surface area contributed by atoms with Crippen molar-refractivity contribution in [2.75, 3.05) is 18.9 Å². The minimum atomic E-state index is 0.367. The Balaban J connectivity index is 2.02. The molecule has 0 aromatic rings. The maximum absolute atomic E-state index is 5.96. The van der Waals surface area contributed by atoms with Gasteiger partial charge in [-0.25, -0.2) is 0 Å². The summed E-state index contributed by atoms with van der Waals surface area (Å²) in [4.78, 5) is 0. The predicted molar refractivity (Wildman–Crippen MR) is 77.9 cm³/mol. The third-order valence-electron chi connectivity index (χ3n) is 3.14. The average molecular weight is 259 g/mol. The van der Waals surface area contributed by atoms with Crippen LogP contribution in [0.3, 0.4) is 0 Å². The molecule has 0 atom stereocenters. The maximum atomic E-state index is 5.96. The Morgan fingerprint density at radius 2 is 1.82 bits per heavy atom. The third-order valence-corrected chi connectivity index (χ3v) is 4.38. The molecule has 1 aliphatic rings. The lowest BCUT2D eigenvalue weighted by atomic mass is 9.93. The van der Waals surface area contributed by atoms with Crippen molar-refractivity contribution in [3.63, 3.8) is 0 Å². The van der Waals surface area contributed by atoms with E-state index in [9.17, 15) is 0 Å². The summed E-state index contributed by atoms with van der Waals surface area (Å²) in [6.07, 6.45) is 5.55. The van der Waals surface area contributed by atoms with Crippen LogP contribution in [0, 0.1) is 0 Å². The van der Waals surface area contributed by atoms with Crippen LogP contribution >= 0.6 is 11.8 Å². The predicted octanol–water partition coefficient (Wildman–Crippen LogP) is 3.46. The molecule has 17 heavy (non-hydrogen) atoms. The van der Waals surface area contributed by atoms with Crippen LogP contribution < -0.4 is 5.32 Å². The van der Waals surface area contributed by atoms with E-state index >= 15 is 0 Å². The van der Waals surface area contributed by atoms with Crippen LogP contribution in [-0.4, -0.2) is 35.8 Å². The first-order valence-corrected chi connectivity index (χ1v) is 7.99. The molecule has 0 bridgehead atoms. The van der Waals surface area contributed by atoms with E-state index in [0.717, 1.165) is 24.9 Å². The Morgan fingerprint density at radius 3 is 2.35 bits per heavy atom. The summed E-state index contributed by atoms with van der Waals surface area (Å²) in [7, 11) is 0. The van der Waals surface area contributed by atoms with Crippen molar-refractivity contribution >= 4 is 11.8 Å². The quantitative estimate of drug-likeness (QED) is 0.738. The van der Waals surface area contributed by atoms with Gasteiger partial charge in [0.2, 0.25) is 0 Å². The van der Waals surface area contributed by atoms with Crippen LogP contribution in [0.1, 0.15) is 53.4 Å². The highest BCUT2D eigenvalue weighted by Crippen LogP contribution is 2.24. The Labute approximate surface area is 111 Å². The Bertz CT molecular complexity index is 195. The largest absolute Gasteiger partial charge is 0.377 e. The van der Waals surface area contributed by atoms with Gasteiger partial charge >= 0.3 is 0 Å². The highest BCUT2D eigenvalue weighted by atomic mass is 32.2. The molecule has 0 saturated heterocycles. The Hall–Kier alpha value is 0.270. The molecule has 1 N–H and O–H groups in total. The molecule has 1 aliphatic carbocycles. The number of thioether (sulfide) groups is 1. The zero-order chi connectivity index (χ0) is 12.7. The van der Waals surface area contributed by atoms with Crippen molar-refractivity contribution in [1.29, 1.82) is 0 Å². The summed E-state index contributed by atoms with van der Waals surface area (Å²) in [6.45, 7) is 11.0. The molecule has 0 amide bonds. The molecule has 0 unspecified atom stereocenters. The average Bonchev–Trinajstić information content (AvgIpc) is 2.26. The Kier molecular flexibility index (Phi) is 6.90. The molecular formula is C14H29NOS. The highest BCUT2D eigenvalue weighted by molar-refractivity contribution is 8.00. The van der Waals surface area contributed by atoms with E-state index in [1.54, 1.807) is 0 Å². The first-order chi connectivity index (χ1) is 8.01. The molecule has 0 heterocycles. The van der Waals surface area contributed by atoms with Crippen LogP contribution in [0.25, 0.3) is 0 Å². The van der Waals surface area contributed by atoms with Crippen molar-refractivity contribution in [3.8, 4) is 0 Å². The van der Waals surface area contributed by atoms with Crippen LogP contribution in [-0.2, 0) is 4.74 Å². The summed E-state index contributed by atoms with van der Waals surface area (Å²) in [6, 6.07) is 0.740. The van der Waals surface area contributed by atoms with E-state index in [0.29, 0.717) is 10.9 Å². The monoisotopic (exact) mass is 259 g/mol. The van der Waals surface area contributed by atoms with Gasteiger partial charge in [-0.05, 0) is 32.2 Å². The van der Waals surface area contributed by atoms with E-state index in [1.807, 2.05) is 11.8 Å². The first-order valence-electron chi connectivity index (χ1n) is 7.00. The molecule has 1 fully saturated rings. The van der Waals surface area contributed by atoms with E-state index in [-0.39, 0.29) is 0 Å². The van der Waals surface area contributed by atoms with Crippen molar-refractivity contribution in [2.45, 2.75) is 70.3 Å². The van der Waals surface area contributed by atoms with Gasteiger partial charge in [-0.15, -0.1) is 0 Å². The molecular weight excluding hydrogens is 230 g/mol. The third kappa shape index (κ3) is 7.32. The molecule has 1 rings (SSSR count). The standard InChI is InChI=1S/C14H29NOS/c1-5-15-12-6-8-13(9-7-12)16-10-11-17-14(2,3)4/h12-13,15H,5-11H2,1-4H3. The lowest BCUT2D eigenvalue weighted by Crippen LogP contribution is -2.35. The smallest absolute Gasteiger partial charge is 0.0576 e. The van der Waals surface area contributed by atoms with Gasteiger partial charge in [0, 0.05) is 16.5 Å². The van der Waals surface area contributed by atoms with Gasteiger partial charge in [-0.2, -0.15) is 11.8 Å². The van der Waals surface area contributed by atoms with Gasteiger partial charge in [-0.1, -0.05) is 27.7 Å². The lowest BCUT2D eigenvalue weighted by molar-refractivity contribution is 0.0321. The second-order valence-electron chi connectivity index (χ2n) is 5.86. The molecule has 0 aromatic carbocycles. The van der Waals surface area contributed by atoms with Crippen molar-refractivity contribution in [1.82, 2.24) is 5.32 Å². The normalized spacial score (nSPS) is 26.1. The van der Waals surface area contributed by atoms with Gasteiger partial charge in [0.25, 0.3) is 0 Å². The van der Waals surface area contributed by atoms with Crippen LogP contribution in [0.2, 0.25) is 0 Å². The number of hydrogen-bond acceptors (Lipinski definition) is 3. The zero-order valence-corrected chi connectivity index (χ0v) is 12.7. The number of ether oxygens (including phenoxy) is 1. The van der Waals surface area contributed by atoms with E-state index in [2.05, 4.69) is 33.0 Å². The lowest BCUT2D eigenvalue weighted by Gasteiger charge is -2.29. The Morgan fingerprint density at radius 1 is 1.18 bits per heavy atom. The summed E-state index contributed by atoms with van der Waals surface area (Å²) in [5.41, 5.74) is 0. The van der Waals surface area contributed by atoms with Gasteiger partial charge in [0.05, 0.1) is 12.7 Å². The number of nitrogens with one attached hydrogen (secondary N) is 1. The SMILES string of the molecule is CCNC1CCC(OCCSC(C)(C)C)CC1. The summed E-state index contributed by atoms with van der Waals surface area (Å²) in [5.74, 6) is 1.12. The number of rotatable bonds is 6. The van der Waals surface area contributed by atoms with Crippen LogP contribution in [0.5, 0.6) is 0 Å². The first kappa shape index (κ1) is 15.3. The van der Waals surface area contributed by atoms with E-state index < -0.39 is 0 Å². The van der Waals surface area contributed by atoms with Crippen molar-refractivity contribution in [3.05, 3.63) is 0 Å². The van der Waals surface area contributed by atoms with Gasteiger partial charge < -0.3 is 10.1 Å². The molecule has 3 heteroatoms. The highest BCUT2D eigenvalue weighted by Gasteiger charge is 2.20. The molecule has 2 nitrogen and oxygen atoms in total. The van der Waals surface area contributed by atoms with Gasteiger partial charge in [-0.3, -0.25) is 0 Å². The fraction of sp³-hybridized carbons (Fsp3) is 1.00. The van der Waals surface area contributed by atoms with Gasteiger partial charge in [0.15, 0.2) is 0 Å².